The van der Waals surface area contributed by atoms with E-state index in [1.807, 2.05) is 0 Å². The first-order valence-electron chi connectivity index (χ1n) is 7.54. The number of halogens is 1. The van der Waals surface area contributed by atoms with Gasteiger partial charge in [0.15, 0.2) is 0 Å². The van der Waals surface area contributed by atoms with Crippen LogP contribution in [0, 0.1) is 17.7 Å². The Morgan fingerprint density at radius 3 is 2.73 bits per heavy atom. The molecule has 6 heteroatoms. The monoisotopic (exact) mass is 307 g/mol. The van der Waals surface area contributed by atoms with Gasteiger partial charge in [0.2, 0.25) is 5.91 Å². The Kier molecular flexibility index (Phi) is 5.49. The van der Waals surface area contributed by atoms with Gasteiger partial charge in [0.05, 0.1) is 11.5 Å². The van der Waals surface area contributed by atoms with Crippen molar-refractivity contribution >= 4 is 11.8 Å². The average molecular weight is 307 g/mol. The minimum Gasteiger partial charge on any atom is -0.302 e. The molecule has 1 saturated heterocycles. The molecule has 5 nitrogen and oxygen atoms in total. The molecule has 1 aliphatic heterocycles. The lowest BCUT2D eigenvalue weighted by Crippen LogP contribution is -2.45. The van der Waals surface area contributed by atoms with E-state index in [4.69, 9.17) is 0 Å². The van der Waals surface area contributed by atoms with Crippen molar-refractivity contribution in [1.82, 2.24) is 15.8 Å². The maximum absolute atomic E-state index is 13.5. The first kappa shape index (κ1) is 16.4. The molecule has 0 saturated carbocycles. The van der Waals surface area contributed by atoms with Crippen molar-refractivity contribution in [3.05, 3.63) is 35.6 Å². The second-order valence-corrected chi connectivity index (χ2v) is 6.06. The average Bonchev–Trinajstić information content (AvgIpc) is 2.92. The Hall–Kier alpha value is -1.95. The van der Waals surface area contributed by atoms with Crippen molar-refractivity contribution < 1.29 is 14.0 Å². The van der Waals surface area contributed by atoms with E-state index in [2.05, 4.69) is 29.6 Å². The molecule has 0 radical (unpaired) electrons. The molecule has 1 atom stereocenters. The number of rotatable bonds is 4. The van der Waals surface area contributed by atoms with E-state index in [1.54, 1.807) is 6.07 Å². The summed E-state index contributed by atoms with van der Waals surface area (Å²) in [6.45, 7) is 6.83. The molecule has 0 aliphatic carbocycles. The van der Waals surface area contributed by atoms with Gasteiger partial charge in [-0.25, -0.2) is 4.39 Å². The van der Waals surface area contributed by atoms with Crippen molar-refractivity contribution in [2.24, 2.45) is 11.8 Å². The fourth-order valence-electron chi connectivity index (χ4n) is 2.66. The molecule has 0 aromatic heterocycles. The molecule has 2 amide bonds. The van der Waals surface area contributed by atoms with E-state index in [9.17, 15) is 14.0 Å². The van der Waals surface area contributed by atoms with Gasteiger partial charge in [-0.1, -0.05) is 26.0 Å². The van der Waals surface area contributed by atoms with Gasteiger partial charge in [0.1, 0.15) is 5.82 Å². The van der Waals surface area contributed by atoms with Crippen LogP contribution < -0.4 is 10.9 Å². The Bertz CT molecular complexity index is 548. The number of amides is 2. The normalized spacial score (nSPS) is 18.5. The first-order valence-corrected chi connectivity index (χ1v) is 7.54. The molecule has 0 spiro atoms. The van der Waals surface area contributed by atoms with Crippen LogP contribution in [0.1, 0.15) is 30.6 Å². The highest BCUT2D eigenvalue weighted by molar-refractivity contribution is 5.95. The maximum atomic E-state index is 13.5. The van der Waals surface area contributed by atoms with E-state index >= 15 is 0 Å². The van der Waals surface area contributed by atoms with Crippen LogP contribution in [-0.4, -0.2) is 36.3 Å². The molecule has 1 aromatic rings. The summed E-state index contributed by atoms with van der Waals surface area (Å²) in [5.74, 6) is -1.07. The summed E-state index contributed by atoms with van der Waals surface area (Å²) < 4.78 is 13.5. The summed E-state index contributed by atoms with van der Waals surface area (Å²) in [7, 11) is 0. The second-order valence-electron chi connectivity index (χ2n) is 6.06. The van der Waals surface area contributed by atoms with E-state index in [1.165, 1.54) is 18.2 Å². The molecule has 2 rings (SSSR count). The molecule has 2 N–H and O–H groups in total. The summed E-state index contributed by atoms with van der Waals surface area (Å²) in [4.78, 5) is 26.1. The lowest BCUT2D eigenvalue weighted by Gasteiger charge is -2.18. The van der Waals surface area contributed by atoms with E-state index in [0.717, 1.165) is 19.5 Å². The summed E-state index contributed by atoms with van der Waals surface area (Å²) >= 11 is 0. The Morgan fingerprint density at radius 1 is 1.32 bits per heavy atom. The number of carbonyl (C=O) groups excluding carboxylic acids is 2. The van der Waals surface area contributed by atoms with Crippen LogP contribution in [0.25, 0.3) is 0 Å². The molecule has 0 unspecified atom stereocenters. The topological polar surface area (TPSA) is 61.4 Å². The third-order valence-corrected chi connectivity index (χ3v) is 3.68. The number of nitrogens with zero attached hydrogens (tertiary/aromatic N) is 1. The van der Waals surface area contributed by atoms with Gasteiger partial charge in [-0.05, 0) is 31.0 Å². The van der Waals surface area contributed by atoms with Gasteiger partial charge in [-0.15, -0.1) is 0 Å². The summed E-state index contributed by atoms with van der Waals surface area (Å²) in [5, 5.41) is 0. The number of likely N-dealkylation sites (tertiary alicyclic amines) is 1. The quantitative estimate of drug-likeness (QED) is 0.830. The minimum atomic E-state index is -0.650. The van der Waals surface area contributed by atoms with Gasteiger partial charge in [0.25, 0.3) is 5.91 Å². The fraction of sp³-hybridized carbons (Fsp3) is 0.500. The van der Waals surface area contributed by atoms with Gasteiger partial charge >= 0.3 is 0 Å². The highest BCUT2D eigenvalue weighted by Crippen LogP contribution is 2.17. The lowest BCUT2D eigenvalue weighted by atomic mass is 10.1. The summed E-state index contributed by atoms with van der Waals surface area (Å²) in [6.07, 6.45) is 0.772. The van der Waals surface area contributed by atoms with Crippen molar-refractivity contribution in [2.45, 2.75) is 20.3 Å². The van der Waals surface area contributed by atoms with Crippen LogP contribution in [0.2, 0.25) is 0 Å². The zero-order valence-electron chi connectivity index (χ0n) is 12.9. The van der Waals surface area contributed by atoms with Crippen LogP contribution in [0.3, 0.4) is 0 Å². The fourth-order valence-corrected chi connectivity index (χ4v) is 2.66. The molecular weight excluding hydrogens is 285 g/mol. The minimum absolute atomic E-state index is 0.0874. The second kappa shape index (κ2) is 7.35. The molecular formula is C16H22FN3O2. The number of carbonyl (C=O) groups is 2. The lowest BCUT2D eigenvalue weighted by molar-refractivity contribution is -0.125. The van der Waals surface area contributed by atoms with Crippen LogP contribution >= 0.6 is 0 Å². The third-order valence-electron chi connectivity index (χ3n) is 3.68. The Balaban J connectivity index is 1.81. The zero-order chi connectivity index (χ0) is 16.1. The number of nitrogens with one attached hydrogen (secondary N) is 2. The summed E-state index contributed by atoms with van der Waals surface area (Å²) in [6, 6.07) is 5.65. The van der Waals surface area contributed by atoms with E-state index in [0.29, 0.717) is 12.5 Å². The number of hydrogen-bond acceptors (Lipinski definition) is 3. The predicted octanol–water partition coefficient (Wildman–Crippen LogP) is 1.56. The number of hydrazine groups is 1. The molecule has 22 heavy (non-hydrogen) atoms. The van der Waals surface area contributed by atoms with Crippen molar-refractivity contribution in [3.63, 3.8) is 0 Å². The highest BCUT2D eigenvalue weighted by atomic mass is 19.1. The van der Waals surface area contributed by atoms with Crippen LogP contribution in [0.4, 0.5) is 4.39 Å². The molecule has 1 aromatic carbocycles. The third kappa shape index (κ3) is 4.27. The van der Waals surface area contributed by atoms with E-state index < -0.39 is 11.7 Å². The van der Waals surface area contributed by atoms with Crippen molar-refractivity contribution in [3.8, 4) is 0 Å². The molecule has 1 fully saturated rings. The maximum Gasteiger partial charge on any atom is 0.272 e. The Labute approximate surface area is 129 Å². The van der Waals surface area contributed by atoms with Gasteiger partial charge < -0.3 is 4.90 Å². The van der Waals surface area contributed by atoms with Gasteiger partial charge in [0, 0.05) is 13.1 Å². The van der Waals surface area contributed by atoms with Gasteiger partial charge in [-0.3, -0.25) is 20.4 Å². The summed E-state index contributed by atoms with van der Waals surface area (Å²) in [5.41, 5.74) is 4.58. The number of hydrogen-bond donors (Lipinski definition) is 2. The van der Waals surface area contributed by atoms with Crippen molar-refractivity contribution in [1.29, 1.82) is 0 Å². The number of benzene rings is 1. The molecule has 1 heterocycles. The molecule has 120 valence electrons. The predicted molar refractivity (Wildman–Crippen MR) is 81.4 cm³/mol. The standard InChI is InChI=1S/C16H22FN3O2/c1-11(2)9-20-8-7-12(10-20)15(21)18-19-16(22)13-5-3-4-6-14(13)17/h3-6,11-12H,7-10H2,1-2H3,(H,18,21)(H,19,22)/t12-/m1/s1. The van der Waals surface area contributed by atoms with Gasteiger partial charge in [-0.2, -0.15) is 0 Å². The Morgan fingerprint density at radius 2 is 2.05 bits per heavy atom. The molecule has 1 aliphatic rings. The smallest absolute Gasteiger partial charge is 0.272 e. The van der Waals surface area contributed by atoms with Crippen LogP contribution in [0.5, 0.6) is 0 Å². The highest BCUT2D eigenvalue weighted by Gasteiger charge is 2.28. The zero-order valence-corrected chi connectivity index (χ0v) is 12.9. The van der Waals surface area contributed by atoms with Crippen LogP contribution in [0.15, 0.2) is 24.3 Å². The SMILES string of the molecule is CC(C)CN1CC[C@@H](C(=O)NNC(=O)c2ccccc2F)C1. The van der Waals surface area contributed by atoms with Crippen LogP contribution in [-0.2, 0) is 4.79 Å². The molecule has 0 bridgehead atoms. The van der Waals surface area contributed by atoms with Crippen molar-refractivity contribution in [2.75, 3.05) is 19.6 Å². The first-order chi connectivity index (χ1) is 10.5. The largest absolute Gasteiger partial charge is 0.302 e. The van der Waals surface area contributed by atoms with E-state index in [-0.39, 0.29) is 17.4 Å².